The highest BCUT2D eigenvalue weighted by atomic mass is 19.1. The first-order valence-corrected chi connectivity index (χ1v) is 16.8. The average Bonchev–Trinajstić information content (AvgIpc) is 3.13. The molecule has 3 saturated carbocycles. The van der Waals surface area contributed by atoms with E-state index in [0.29, 0.717) is 32.4 Å². The summed E-state index contributed by atoms with van der Waals surface area (Å²) in [5.41, 5.74) is -5.52. The molecule has 8 atom stereocenters. The second-order valence-corrected chi connectivity index (χ2v) is 15.3. The van der Waals surface area contributed by atoms with Crippen molar-refractivity contribution in [1.29, 1.82) is 0 Å². The van der Waals surface area contributed by atoms with Gasteiger partial charge in [-0.15, -0.1) is 0 Å². The SMILES string of the molecule is C[C@@H]1C[C@H]2[C@@H]3CCC4=CC(=O)C=C[C@]4(C)[C@@]3(F)[C@@H](O)C[C@]2(C)[C@@]1(O)C(=O)NCCCCCCCCCNC(=O)OC(C)(C)C. The number of rotatable bonds is 11. The summed E-state index contributed by atoms with van der Waals surface area (Å²) >= 11 is 0. The molecule has 0 saturated heterocycles. The van der Waals surface area contributed by atoms with Crippen LogP contribution in [-0.4, -0.2) is 64.1 Å². The van der Waals surface area contributed by atoms with Crippen molar-refractivity contribution in [3.05, 3.63) is 23.8 Å². The first-order valence-electron chi connectivity index (χ1n) is 16.8. The molecule has 0 aromatic heterocycles. The van der Waals surface area contributed by atoms with Crippen molar-refractivity contribution in [3.8, 4) is 0 Å². The Labute approximate surface area is 262 Å². The third-order valence-corrected chi connectivity index (χ3v) is 11.4. The molecule has 8 nitrogen and oxygen atoms in total. The number of nitrogens with one attached hydrogen (secondary N) is 2. The molecule has 0 spiro atoms. The van der Waals surface area contributed by atoms with Crippen LogP contribution in [0.15, 0.2) is 23.8 Å². The van der Waals surface area contributed by atoms with Crippen molar-refractivity contribution < 1.29 is 33.7 Å². The number of allylic oxidation sites excluding steroid dienone is 4. The van der Waals surface area contributed by atoms with Crippen LogP contribution >= 0.6 is 0 Å². The van der Waals surface area contributed by atoms with Crippen LogP contribution in [0.25, 0.3) is 0 Å². The molecule has 0 aromatic rings. The molecule has 0 radical (unpaired) electrons. The quantitative estimate of drug-likeness (QED) is 0.220. The van der Waals surface area contributed by atoms with Gasteiger partial charge in [0.1, 0.15) is 5.60 Å². The highest BCUT2D eigenvalue weighted by molar-refractivity contribution is 6.01. The molecule has 9 heteroatoms. The summed E-state index contributed by atoms with van der Waals surface area (Å²) < 4.78 is 22.5. The van der Waals surface area contributed by atoms with Crippen LogP contribution in [-0.2, 0) is 14.3 Å². The number of carbonyl (C=O) groups excluding carboxylic acids is 3. The lowest BCUT2D eigenvalue weighted by atomic mass is 9.44. The maximum absolute atomic E-state index is 17.3. The first-order chi connectivity index (χ1) is 20.5. The number of aliphatic hydroxyl groups is 2. The second kappa shape index (κ2) is 12.9. The molecular formula is C35H55FN2O6. The number of fused-ring (bicyclic) bond motifs is 5. The van der Waals surface area contributed by atoms with Crippen molar-refractivity contribution in [2.45, 2.75) is 135 Å². The van der Waals surface area contributed by atoms with Crippen LogP contribution in [0.2, 0.25) is 0 Å². The van der Waals surface area contributed by atoms with Gasteiger partial charge in [-0.3, -0.25) is 9.59 Å². The Morgan fingerprint density at radius 1 is 1.02 bits per heavy atom. The highest BCUT2D eigenvalue weighted by Gasteiger charge is 2.75. The molecule has 2 amide bonds. The summed E-state index contributed by atoms with van der Waals surface area (Å²) in [4.78, 5) is 37.4. The number of hydrogen-bond donors (Lipinski definition) is 4. The lowest BCUT2D eigenvalue weighted by Gasteiger charge is -2.62. The summed E-state index contributed by atoms with van der Waals surface area (Å²) in [6.45, 7) is 12.1. The first kappa shape index (κ1) is 34.6. The number of ketones is 1. The molecule has 0 bridgehead atoms. The van der Waals surface area contributed by atoms with Crippen LogP contribution in [0.4, 0.5) is 9.18 Å². The topological polar surface area (TPSA) is 125 Å². The number of ether oxygens (including phenoxy) is 1. The van der Waals surface area contributed by atoms with Gasteiger partial charge >= 0.3 is 6.09 Å². The number of alkyl carbamates (subject to hydrolysis) is 1. The lowest BCUT2D eigenvalue weighted by Crippen LogP contribution is -2.70. The second-order valence-electron chi connectivity index (χ2n) is 15.3. The Hall–Kier alpha value is -2.26. The largest absolute Gasteiger partial charge is 0.444 e. The highest BCUT2D eigenvalue weighted by Crippen LogP contribution is 2.70. The monoisotopic (exact) mass is 618 g/mol. The number of carbonyl (C=O) groups is 3. The minimum Gasteiger partial charge on any atom is -0.444 e. The Morgan fingerprint density at radius 2 is 1.61 bits per heavy atom. The number of alkyl halides is 1. The van der Waals surface area contributed by atoms with E-state index in [4.69, 9.17) is 4.74 Å². The van der Waals surface area contributed by atoms with Gasteiger partial charge in [0, 0.05) is 29.8 Å². The molecule has 4 N–H and O–H groups in total. The molecule has 3 fully saturated rings. The molecule has 44 heavy (non-hydrogen) atoms. The predicted molar refractivity (Wildman–Crippen MR) is 167 cm³/mol. The lowest BCUT2D eigenvalue weighted by molar-refractivity contribution is -0.219. The summed E-state index contributed by atoms with van der Waals surface area (Å²) in [7, 11) is 0. The van der Waals surface area contributed by atoms with Crippen molar-refractivity contribution in [2.24, 2.45) is 28.6 Å². The van der Waals surface area contributed by atoms with Gasteiger partial charge in [-0.25, -0.2) is 9.18 Å². The number of halogens is 1. The standard InChI is InChI=1S/C35H55FN2O6/c1-23-20-27-26-15-14-24-21-25(39)16-17-32(24,5)34(26,36)28(40)22-33(27,6)35(23,43)29(41)37-18-12-10-8-7-9-11-13-19-38-30(42)44-31(2,3)4/h16-17,21,23,26-28,40,43H,7-15,18-20,22H2,1-6H3,(H,37,41)(H,38,42)/t23-,26+,27+,28+,32+,33+,34+,35+/m1/s1. The van der Waals surface area contributed by atoms with Crippen LogP contribution < -0.4 is 10.6 Å². The molecule has 4 aliphatic rings. The number of hydrogen-bond acceptors (Lipinski definition) is 6. The minimum atomic E-state index is -1.98. The van der Waals surface area contributed by atoms with Crippen LogP contribution in [0.1, 0.15) is 112 Å². The fourth-order valence-corrected chi connectivity index (χ4v) is 9.01. The van der Waals surface area contributed by atoms with Gasteiger partial charge in [0.15, 0.2) is 17.1 Å². The Balaban J connectivity index is 1.24. The Kier molecular flexibility index (Phi) is 10.1. The van der Waals surface area contributed by atoms with Crippen molar-refractivity contribution in [3.63, 3.8) is 0 Å². The van der Waals surface area contributed by atoms with Crippen molar-refractivity contribution in [2.75, 3.05) is 13.1 Å². The zero-order valence-electron chi connectivity index (χ0n) is 27.6. The average molecular weight is 619 g/mol. The Morgan fingerprint density at radius 3 is 2.23 bits per heavy atom. The Bertz CT molecular complexity index is 1160. The predicted octanol–water partition coefficient (Wildman–Crippen LogP) is 5.71. The summed E-state index contributed by atoms with van der Waals surface area (Å²) in [5.74, 6) is -1.76. The molecule has 0 aliphatic heterocycles. The van der Waals surface area contributed by atoms with Crippen LogP contribution in [0.3, 0.4) is 0 Å². The van der Waals surface area contributed by atoms with Gasteiger partial charge in [-0.05, 0) is 90.2 Å². The van der Waals surface area contributed by atoms with E-state index in [1.165, 1.54) is 12.2 Å². The van der Waals surface area contributed by atoms with E-state index >= 15 is 4.39 Å². The van der Waals surface area contributed by atoms with E-state index in [0.717, 1.165) is 50.5 Å². The van der Waals surface area contributed by atoms with Crippen molar-refractivity contribution in [1.82, 2.24) is 10.6 Å². The molecule has 4 aliphatic carbocycles. The number of amides is 2. The van der Waals surface area contributed by atoms with E-state index in [1.807, 2.05) is 34.6 Å². The fourth-order valence-electron chi connectivity index (χ4n) is 9.01. The van der Waals surface area contributed by atoms with E-state index in [1.54, 1.807) is 13.0 Å². The van der Waals surface area contributed by atoms with Gasteiger partial charge in [-0.1, -0.05) is 57.6 Å². The van der Waals surface area contributed by atoms with Crippen LogP contribution in [0.5, 0.6) is 0 Å². The third kappa shape index (κ3) is 6.12. The maximum atomic E-state index is 17.3. The smallest absolute Gasteiger partial charge is 0.407 e. The fraction of sp³-hybridized carbons (Fsp3) is 0.800. The van der Waals surface area contributed by atoms with Gasteiger partial charge < -0.3 is 25.6 Å². The van der Waals surface area contributed by atoms with E-state index < -0.39 is 45.6 Å². The van der Waals surface area contributed by atoms with E-state index in [9.17, 15) is 24.6 Å². The van der Waals surface area contributed by atoms with Gasteiger partial charge in [0.25, 0.3) is 5.91 Å². The zero-order valence-corrected chi connectivity index (χ0v) is 27.6. The summed E-state index contributed by atoms with van der Waals surface area (Å²) in [6, 6.07) is 0. The molecule has 0 aromatic carbocycles. The minimum absolute atomic E-state index is 0.0170. The molecular weight excluding hydrogens is 563 g/mol. The van der Waals surface area contributed by atoms with Gasteiger partial charge in [0.05, 0.1) is 6.10 Å². The van der Waals surface area contributed by atoms with E-state index in [-0.39, 0.29) is 30.1 Å². The van der Waals surface area contributed by atoms with Crippen molar-refractivity contribution >= 4 is 17.8 Å². The zero-order chi connectivity index (χ0) is 32.6. The summed E-state index contributed by atoms with van der Waals surface area (Å²) in [6.07, 6.45) is 11.2. The van der Waals surface area contributed by atoms with E-state index in [2.05, 4.69) is 10.6 Å². The van der Waals surface area contributed by atoms with Crippen LogP contribution in [0, 0.1) is 28.6 Å². The molecule has 4 rings (SSSR count). The number of aliphatic hydroxyl groups excluding tert-OH is 1. The molecule has 248 valence electrons. The third-order valence-electron chi connectivity index (χ3n) is 11.4. The number of unbranched alkanes of at least 4 members (excludes halogenated alkanes) is 6. The van der Waals surface area contributed by atoms with Gasteiger partial charge in [0.2, 0.25) is 0 Å². The van der Waals surface area contributed by atoms with Gasteiger partial charge in [-0.2, -0.15) is 0 Å². The molecule has 0 unspecified atom stereocenters. The maximum Gasteiger partial charge on any atom is 0.407 e. The summed E-state index contributed by atoms with van der Waals surface area (Å²) in [5, 5.41) is 29.3. The normalized spacial score (nSPS) is 37.8. The molecule has 0 heterocycles.